The molecule has 0 aromatic rings. The van der Waals surface area contributed by atoms with Crippen LogP contribution in [0.25, 0.3) is 0 Å². The highest BCUT2D eigenvalue weighted by Gasteiger charge is 2.11. The molecule has 0 aliphatic heterocycles. The third-order valence-electron chi connectivity index (χ3n) is 0.743. The smallest absolute Gasteiger partial charge is 0.305 e. The van der Waals surface area contributed by atoms with Gasteiger partial charge in [-0.05, 0) is 22.6 Å². The standard InChI is InChI=1S/C6H9IO3/c1-4(7)6(9-3)10-5(2)8/h6H,1H2,2-3H3. The zero-order chi connectivity index (χ0) is 8.15. The molecule has 3 nitrogen and oxygen atoms in total. The normalized spacial score (nSPS) is 12.3. The molecule has 0 rings (SSSR count). The summed E-state index contributed by atoms with van der Waals surface area (Å²) in [5.74, 6) is -0.371. The van der Waals surface area contributed by atoms with E-state index in [0.29, 0.717) is 3.58 Å². The van der Waals surface area contributed by atoms with Gasteiger partial charge in [-0.15, -0.1) is 0 Å². The Hall–Kier alpha value is -0.100. The molecule has 0 fully saturated rings. The minimum Gasteiger partial charge on any atom is -0.431 e. The topological polar surface area (TPSA) is 35.5 Å². The van der Waals surface area contributed by atoms with E-state index in [-0.39, 0.29) is 5.97 Å². The van der Waals surface area contributed by atoms with Crippen LogP contribution in [0.2, 0.25) is 0 Å². The summed E-state index contributed by atoms with van der Waals surface area (Å²) in [4.78, 5) is 10.4. The van der Waals surface area contributed by atoms with Crippen molar-refractivity contribution in [1.82, 2.24) is 0 Å². The minimum absolute atomic E-state index is 0.371. The molecule has 0 N–H and O–H groups in total. The summed E-state index contributed by atoms with van der Waals surface area (Å²) in [5.41, 5.74) is 0. The first-order valence-corrected chi connectivity index (χ1v) is 3.70. The van der Waals surface area contributed by atoms with Crippen LogP contribution in [0, 0.1) is 0 Å². The maximum atomic E-state index is 10.4. The highest BCUT2D eigenvalue weighted by Crippen LogP contribution is 2.12. The Bertz CT molecular complexity index is 144. The van der Waals surface area contributed by atoms with Gasteiger partial charge >= 0.3 is 5.97 Å². The molecule has 10 heavy (non-hydrogen) atoms. The van der Waals surface area contributed by atoms with Gasteiger partial charge in [-0.25, -0.2) is 0 Å². The van der Waals surface area contributed by atoms with Crippen LogP contribution in [0.4, 0.5) is 0 Å². The van der Waals surface area contributed by atoms with Gasteiger partial charge in [-0.3, -0.25) is 4.79 Å². The Morgan fingerprint density at radius 3 is 2.30 bits per heavy atom. The Balaban J connectivity index is 3.83. The van der Waals surface area contributed by atoms with Gasteiger partial charge in [0.1, 0.15) is 0 Å². The van der Waals surface area contributed by atoms with Crippen molar-refractivity contribution >= 4 is 28.6 Å². The fourth-order valence-corrected chi connectivity index (χ4v) is 0.772. The average molecular weight is 256 g/mol. The molecule has 1 atom stereocenters. The molecule has 0 amide bonds. The summed E-state index contributed by atoms with van der Waals surface area (Å²) in [5, 5.41) is 0. The molecule has 0 aromatic heterocycles. The van der Waals surface area contributed by atoms with E-state index in [1.54, 1.807) is 0 Å². The van der Waals surface area contributed by atoms with Crippen LogP contribution < -0.4 is 0 Å². The molecule has 0 heterocycles. The number of esters is 1. The quantitative estimate of drug-likeness (QED) is 0.435. The third-order valence-corrected chi connectivity index (χ3v) is 1.25. The number of rotatable bonds is 3. The number of carbonyl (C=O) groups excluding carboxylic acids is 1. The predicted octanol–water partition coefficient (Wildman–Crippen LogP) is 1.47. The third kappa shape index (κ3) is 3.84. The predicted molar refractivity (Wildman–Crippen MR) is 45.7 cm³/mol. The summed E-state index contributed by atoms with van der Waals surface area (Å²) in [6.45, 7) is 4.89. The maximum absolute atomic E-state index is 10.4. The second kappa shape index (κ2) is 4.68. The van der Waals surface area contributed by atoms with E-state index in [0.717, 1.165) is 0 Å². The molecular formula is C6H9IO3. The molecule has 0 saturated heterocycles. The molecule has 0 spiro atoms. The summed E-state index contributed by atoms with van der Waals surface area (Å²) in [6, 6.07) is 0. The van der Waals surface area contributed by atoms with E-state index in [1.807, 2.05) is 22.6 Å². The lowest BCUT2D eigenvalue weighted by molar-refractivity contribution is -0.162. The first-order valence-electron chi connectivity index (χ1n) is 2.62. The highest BCUT2D eigenvalue weighted by molar-refractivity contribution is 14.1. The molecule has 0 aliphatic carbocycles. The van der Waals surface area contributed by atoms with Crippen molar-refractivity contribution < 1.29 is 14.3 Å². The molecule has 1 unspecified atom stereocenters. The fraction of sp³-hybridized carbons (Fsp3) is 0.500. The molecule has 0 aliphatic rings. The van der Waals surface area contributed by atoms with Gasteiger partial charge in [0.15, 0.2) is 0 Å². The van der Waals surface area contributed by atoms with Gasteiger partial charge < -0.3 is 9.47 Å². The van der Waals surface area contributed by atoms with Crippen molar-refractivity contribution in [2.75, 3.05) is 7.11 Å². The van der Waals surface area contributed by atoms with Gasteiger partial charge in [0.2, 0.25) is 6.29 Å². The van der Waals surface area contributed by atoms with Crippen LogP contribution in [0.5, 0.6) is 0 Å². The number of halogens is 1. The Morgan fingerprint density at radius 2 is 2.20 bits per heavy atom. The molecular weight excluding hydrogens is 247 g/mol. The van der Waals surface area contributed by atoms with Gasteiger partial charge in [-0.1, -0.05) is 6.58 Å². The molecule has 58 valence electrons. The monoisotopic (exact) mass is 256 g/mol. The van der Waals surface area contributed by atoms with Crippen LogP contribution in [0.15, 0.2) is 10.2 Å². The van der Waals surface area contributed by atoms with E-state index in [1.165, 1.54) is 14.0 Å². The zero-order valence-corrected chi connectivity index (χ0v) is 8.04. The zero-order valence-electron chi connectivity index (χ0n) is 5.89. The molecule has 0 aromatic carbocycles. The van der Waals surface area contributed by atoms with Crippen LogP contribution >= 0.6 is 22.6 Å². The second-order valence-electron chi connectivity index (χ2n) is 1.62. The van der Waals surface area contributed by atoms with Gasteiger partial charge in [-0.2, -0.15) is 0 Å². The Morgan fingerprint density at radius 1 is 1.70 bits per heavy atom. The van der Waals surface area contributed by atoms with Gasteiger partial charge in [0.05, 0.1) is 3.58 Å². The van der Waals surface area contributed by atoms with Crippen molar-refractivity contribution in [3.63, 3.8) is 0 Å². The van der Waals surface area contributed by atoms with Crippen LogP contribution in [-0.2, 0) is 14.3 Å². The lowest BCUT2D eigenvalue weighted by Gasteiger charge is -2.12. The molecule has 4 heteroatoms. The lowest BCUT2D eigenvalue weighted by Crippen LogP contribution is -2.17. The van der Waals surface area contributed by atoms with Crippen molar-refractivity contribution in [3.05, 3.63) is 10.2 Å². The first-order chi connectivity index (χ1) is 4.57. The summed E-state index contributed by atoms with van der Waals surface area (Å²) < 4.78 is 10.1. The van der Waals surface area contributed by atoms with Gasteiger partial charge in [0, 0.05) is 14.0 Å². The van der Waals surface area contributed by atoms with Crippen molar-refractivity contribution in [3.8, 4) is 0 Å². The first kappa shape index (κ1) is 9.90. The van der Waals surface area contributed by atoms with Crippen molar-refractivity contribution in [1.29, 1.82) is 0 Å². The summed E-state index contributed by atoms with van der Waals surface area (Å²) in [7, 11) is 1.46. The number of hydrogen-bond acceptors (Lipinski definition) is 3. The minimum atomic E-state index is -0.613. The van der Waals surface area contributed by atoms with Crippen LogP contribution in [0.3, 0.4) is 0 Å². The largest absolute Gasteiger partial charge is 0.431 e. The van der Waals surface area contributed by atoms with Crippen LogP contribution in [0.1, 0.15) is 6.92 Å². The number of ether oxygens (including phenoxy) is 2. The second-order valence-corrected chi connectivity index (χ2v) is 3.01. The van der Waals surface area contributed by atoms with E-state index >= 15 is 0 Å². The van der Waals surface area contributed by atoms with Crippen LogP contribution in [-0.4, -0.2) is 19.4 Å². The summed E-state index contributed by atoms with van der Waals surface area (Å²) in [6.07, 6.45) is -0.613. The fourth-order valence-electron chi connectivity index (χ4n) is 0.391. The van der Waals surface area contributed by atoms with Crippen molar-refractivity contribution in [2.45, 2.75) is 13.2 Å². The van der Waals surface area contributed by atoms with E-state index in [4.69, 9.17) is 9.47 Å². The van der Waals surface area contributed by atoms with E-state index in [9.17, 15) is 4.79 Å². The molecule has 0 saturated carbocycles. The highest BCUT2D eigenvalue weighted by atomic mass is 127. The molecule has 0 radical (unpaired) electrons. The van der Waals surface area contributed by atoms with E-state index < -0.39 is 6.29 Å². The number of carbonyl (C=O) groups is 1. The Labute approximate surface area is 73.5 Å². The molecule has 0 bridgehead atoms. The SMILES string of the molecule is C=C(I)C(OC)OC(C)=O. The summed E-state index contributed by atoms with van der Waals surface area (Å²) >= 11 is 1.94. The Kier molecular flexibility index (Phi) is 4.63. The van der Waals surface area contributed by atoms with Crippen molar-refractivity contribution in [2.24, 2.45) is 0 Å². The van der Waals surface area contributed by atoms with Gasteiger partial charge in [0.25, 0.3) is 0 Å². The average Bonchev–Trinajstić information content (AvgIpc) is 1.81. The van der Waals surface area contributed by atoms with E-state index in [2.05, 4.69) is 6.58 Å². The number of methoxy groups -OCH3 is 1. The maximum Gasteiger partial charge on any atom is 0.305 e. The lowest BCUT2D eigenvalue weighted by atomic mass is 10.6. The number of hydrogen-bond donors (Lipinski definition) is 0.